The number of para-hydroxylation sites is 2. The Kier molecular flexibility index (Phi) is 6.94. The van der Waals surface area contributed by atoms with Crippen molar-refractivity contribution in [1.29, 1.82) is 0 Å². The van der Waals surface area contributed by atoms with Crippen molar-refractivity contribution in [3.05, 3.63) is 90.5 Å². The summed E-state index contributed by atoms with van der Waals surface area (Å²) in [5, 5.41) is 0. The van der Waals surface area contributed by atoms with Crippen molar-refractivity contribution in [3.8, 4) is 5.88 Å². The highest BCUT2D eigenvalue weighted by Crippen LogP contribution is 2.26. The van der Waals surface area contributed by atoms with Gasteiger partial charge in [-0.25, -0.2) is 18.4 Å². The van der Waals surface area contributed by atoms with E-state index in [9.17, 15) is 8.42 Å². The average molecular weight is 450 g/mol. The van der Waals surface area contributed by atoms with Gasteiger partial charge < -0.3 is 9.47 Å². The maximum Gasteiger partial charge on any atom is 0.263 e. The number of rotatable bonds is 10. The molecule has 1 N–H and O–H groups in total. The number of ether oxygens (including phenoxy) is 2. The van der Waals surface area contributed by atoms with Gasteiger partial charge in [-0.1, -0.05) is 60.7 Å². The molecule has 4 rings (SSSR count). The maximum absolute atomic E-state index is 12.8. The van der Waals surface area contributed by atoms with Gasteiger partial charge in [-0.3, -0.25) is 4.72 Å². The Morgan fingerprint density at radius 2 is 1.38 bits per heavy atom. The second kappa shape index (κ2) is 10.2. The molecule has 32 heavy (non-hydrogen) atoms. The summed E-state index contributed by atoms with van der Waals surface area (Å²) in [6.07, 6.45) is 0.617. The lowest BCUT2D eigenvalue weighted by atomic mass is 10.2. The second-order valence-corrected chi connectivity index (χ2v) is 8.71. The van der Waals surface area contributed by atoms with E-state index in [1.165, 1.54) is 12.1 Å². The first kappa shape index (κ1) is 21.7. The van der Waals surface area contributed by atoms with E-state index in [2.05, 4.69) is 14.7 Å². The summed E-state index contributed by atoms with van der Waals surface area (Å²) >= 11 is 0. The van der Waals surface area contributed by atoms with Crippen LogP contribution in [0.15, 0.2) is 89.8 Å². The van der Waals surface area contributed by atoms with Gasteiger partial charge in [-0.2, -0.15) is 0 Å². The predicted octanol–water partition coefficient (Wildman–Crippen LogP) is 4.42. The van der Waals surface area contributed by atoms with E-state index in [1.807, 2.05) is 42.5 Å². The van der Waals surface area contributed by atoms with Crippen LogP contribution in [0, 0.1) is 0 Å². The summed E-state index contributed by atoms with van der Waals surface area (Å²) in [5.74, 6) is 0.184. The zero-order chi connectivity index (χ0) is 22.2. The van der Waals surface area contributed by atoms with Crippen LogP contribution >= 0.6 is 0 Å². The van der Waals surface area contributed by atoms with Crippen molar-refractivity contribution in [2.45, 2.75) is 17.9 Å². The smallest absolute Gasteiger partial charge is 0.263 e. The number of hydrogen-bond acceptors (Lipinski definition) is 6. The number of aromatic nitrogens is 2. The molecule has 4 aromatic rings. The highest BCUT2D eigenvalue weighted by Gasteiger charge is 2.19. The van der Waals surface area contributed by atoms with Crippen LogP contribution in [-0.4, -0.2) is 31.6 Å². The van der Waals surface area contributed by atoms with E-state index in [4.69, 9.17) is 9.47 Å². The number of hydrogen-bond donors (Lipinski definition) is 1. The van der Waals surface area contributed by atoms with Crippen LogP contribution in [0.1, 0.15) is 12.0 Å². The predicted molar refractivity (Wildman–Crippen MR) is 123 cm³/mol. The van der Waals surface area contributed by atoms with E-state index in [0.717, 1.165) is 5.56 Å². The van der Waals surface area contributed by atoms with E-state index < -0.39 is 10.0 Å². The normalized spacial score (nSPS) is 11.4. The van der Waals surface area contributed by atoms with Gasteiger partial charge in [0.1, 0.15) is 0 Å². The summed E-state index contributed by atoms with van der Waals surface area (Å²) in [4.78, 5) is 9.03. The molecule has 0 unspecified atom stereocenters. The van der Waals surface area contributed by atoms with Gasteiger partial charge in [-0.05, 0) is 29.8 Å². The molecule has 1 heterocycles. The first-order valence-corrected chi connectivity index (χ1v) is 11.7. The topological polar surface area (TPSA) is 90.4 Å². The van der Waals surface area contributed by atoms with Crippen molar-refractivity contribution >= 4 is 26.9 Å². The highest BCUT2D eigenvalue weighted by molar-refractivity contribution is 7.92. The van der Waals surface area contributed by atoms with Gasteiger partial charge in [0.05, 0.1) is 35.7 Å². The lowest BCUT2D eigenvalue weighted by Gasteiger charge is -2.13. The van der Waals surface area contributed by atoms with Gasteiger partial charge in [0, 0.05) is 6.42 Å². The molecule has 0 amide bonds. The molecular weight excluding hydrogens is 426 g/mol. The van der Waals surface area contributed by atoms with Gasteiger partial charge in [-0.15, -0.1) is 0 Å². The molecule has 3 aromatic carbocycles. The average Bonchev–Trinajstić information content (AvgIpc) is 2.82. The fourth-order valence-electron chi connectivity index (χ4n) is 3.03. The van der Waals surface area contributed by atoms with Crippen LogP contribution < -0.4 is 9.46 Å². The van der Waals surface area contributed by atoms with Gasteiger partial charge in [0.25, 0.3) is 15.9 Å². The zero-order valence-corrected chi connectivity index (χ0v) is 18.2. The fraction of sp³-hybridized carbons (Fsp3) is 0.167. The first-order chi connectivity index (χ1) is 15.6. The molecule has 0 saturated heterocycles. The third kappa shape index (κ3) is 5.60. The number of anilines is 1. The van der Waals surface area contributed by atoms with E-state index >= 15 is 0 Å². The summed E-state index contributed by atoms with van der Waals surface area (Å²) in [5.41, 5.74) is 2.29. The SMILES string of the molecule is O=S(=O)(Nc1nc2ccccc2nc1OCCCOCc1ccccc1)c1ccccc1. The van der Waals surface area contributed by atoms with Crippen LogP contribution in [0.5, 0.6) is 5.88 Å². The minimum Gasteiger partial charge on any atom is -0.475 e. The highest BCUT2D eigenvalue weighted by atomic mass is 32.2. The largest absolute Gasteiger partial charge is 0.475 e. The van der Waals surface area contributed by atoms with Gasteiger partial charge >= 0.3 is 0 Å². The Bertz CT molecular complexity index is 1270. The Hall–Kier alpha value is -3.49. The Labute approximate surface area is 187 Å². The van der Waals surface area contributed by atoms with Crippen LogP contribution in [0.25, 0.3) is 11.0 Å². The molecule has 0 aliphatic rings. The molecule has 0 bridgehead atoms. The second-order valence-electron chi connectivity index (χ2n) is 7.02. The number of sulfonamides is 1. The molecule has 7 nitrogen and oxygen atoms in total. The monoisotopic (exact) mass is 449 g/mol. The Balaban J connectivity index is 1.44. The summed E-state index contributed by atoms with van der Waals surface area (Å²) in [7, 11) is -3.83. The Morgan fingerprint density at radius 3 is 2.09 bits per heavy atom. The first-order valence-electron chi connectivity index (χ1n) is 10.2. The molecule has 8 heteroatoms. The van der Waals surface area contributed by atoms with Crippen LogP contribution in [0.3, 0.4) is 0 Å². The lowest BCUT2D eigenvalue weighted by Crippen LogP contribution is -2.16. The molecule has 0 radical (unpaired) electrons. The van der Waals surface area contributed by atoms with Crippen LogP contribution in [0.4, 0.5) is 5.82 Å². The lowest BCUT2D eigenvalue weighted by molar-refractivity contribution is 0.107. The Morgan fingerprint density at radius 1 is 0.750 bits per heavy atom. The van der Waals surface area contributed by atoms with Gasteiger partial charge in [0.2, 0.25) is 5.82 Å². The summed E-state index contributed by atoms with van der Waals surface area (Å²) < 4.78 is 39.5. The van der Waals surface area contributed by atoms with Crippen LogP contribution in [-0.2, 0) is 21.4 Å². The molecule has 1 aromatic heterocycles. The van der Waals surface area contributed by atoms with Crippen molar-refractivity contribution < 1.29 is 17.9 Å². The molecule has 0 fully saturated rings. The molecule has 0 aliphatic carbocycles. The minimum atomic E-state index is -3.83. The molecule has 0 atom stereocenters. The molecule has 0 saturated carbocycles. The van der Waals surface area contributed by atoms with Crippen molar-refractivity contribution in [1.82, 2.24) is 9.97 Å². The van der Waals surface area contributed by atoms with E-state index in [0.29, 0.717) is 37.3 Å². The third-order valence-electron chi connectivity index (χ3n) is 4.61. The number of fused-ring (bicyclic) bond motifs is 1. The fourth-order valence-corrected chi connectivity index (χ4v) is 4.05. The standard InChI is InChI=1S/C24H23N3O4S/c28-32(29,20-12-5-2-6-13-20)27-23-24(26-22-15-8-7-14-21(22)25-23)31-17-9-16-30-18-19-10-3-1-4-11-19/h1-8,10-15H,9,16-18H2,(H,25,27). The molecule has 164 valence electrons. The van der Waals surface area contributed by atoms with E-state index in [1.54, 1.807) is 30.3 Å². The molecular formula is C24H23N3O4S. The maximum atomic E-state index is 12.8. The number of benzene rings is 3. The summed E-state index contributed by atoms with van der Waals surface area (Å²) in [6.45, 7) is 1.33. The quantitative estimate of drug-likeness (QED) is 0.361. The van der Waals surface area contributed by atoms with Crippen molar-refractivity contribution in [3.63, 3.8) is 0 Å². The van der Waals surface area contributed by atoms with E-state index in [-0.39, 0.29) is 16.6 Å². The third-order valence-corrected chi connectivity index (χ3v) is 5.96. The minimum absolute atomic E-state index is 0.0535. The van der Waals surface area contributed by atoms with Gasteiger partial charge in [0.15, 0.2) is 0 Å². The number of nitrogens with one attached hydrogen (secondary N) is 1. The van der Waals surface area contributed by atoms with Crippen molar-refractivity contribution in [2.24, 2.45) is 0 Å². The molecule has 0 spiro atoms. The van der Waals surface area contributed by atoms with Crippen molar-refractivity contribution in [2.75, 3.05) is 17.9 Å². The van der Waals surface area contributed by atoms with Crippen LogP contribution in [0.2, 0.25) is 0 Å². The summed E-state index contributed by atoms with van der Waals surface area (Å²) in [6, 6.07) is 25.2. The zero-order valence-electron chi connectivity index (χ0n) is 17.3. The number of nitrogens with zero attached hydrogens (tertiary/aromatic N) is 2. The molecule has 0 aliphatic heterocycles.